The SMILES string of the molecule is COc1ccc(CCNC(=O)C=Cc2ccsc2)cc1. The van der Waals surface area contributed by atoms with E-state index in [0.29, 0.717) is 6.54 Å². The molecule has 0 saturated carbocycles. The molecule has 2 aromatic rings. The molecule has 1 aromatic heterocycles. The Morgan fingerprint density at radius 2 is 2.10 bits per heavy atom. The van der Waals surface area contributed by atoms with E-state index >= 15 is 0 Å². The largest absolute Gasteiger partial charge is 0.497 e. The second-order valence-electron chi connectivity index (χ2n) is 4.28. The van der Waals surface area contributed by atoms with Gasteiger partial charge in [-0.2, -0.15) is 11.3 Å². The zero-order chi connectivity index (χ0) is 14.2. The number of rotatable bonds is 6. The zero-order valence-electron chi connectivity index (χ0n) is 11.3. The Balaban J connectivity index is 1.73. The monoisotopic (exact) mass is 287 g/mol. The van der Waals surface area contributed by atoms with Gasteiger partial charge < -0.3 is 10.1 Å². The van der Waals surface area contributed by atoms with Gasteiger partial charge in [0.15, 0.2) is 0 Å². The quantitative estimate of drug-likeness (QED) is 0.829. The van der Waals surface area contributed by atoms with E-state index in [4.69, 9.17) is 4.74 Å². The first-order valence-corrected chi connectivity index (χ1v) is 7.33. The maximum absolute atomic E-state index is 11.6. The van der Waals surface area contributed by atoms with Gasteiger partial charge in [-0.3, -0.25) is 4.79 Å². The Hall–Kier alpha value is -2.07. The van der Waals surface area contributed by atoms with Crippen LogP contribution in [0.3, 0.4) is 0 Å². The average Bonchev–Trinajstić information content (AvgIpc) is 2.99. The Kier molecular flexibility index (Phi) is 5.38. The molecule has 1 aromatic carbocycles. The van der Waals surface area contributed by atoms with E-state index < -0.39 is 0 Å². The third-order valence-electron chi connectivity index (χ3n) is 2.84. The van der Waals surface area contributed by atoms with Crippen molar-refractivity contribution in [1.82, 2.24) is 5.32 Å². The average molecular weight is 287 g/mol. The highest BCUT2D eigenvalue weighted by molar-refractivity contribution is 7.08. The molecule has 0 aliphatic rings. The first kappa shape index (κ1) is 14.3. The van der Waals surface area contributed by atoms with Crippen LogP contribution >= 0.6 is 11.3 Å². The molecule has 0 saturated heterocycles. The second-order valence-corrected chi connectivity index (χ2v) is 5.06. The summed E-state index contributed by atoms with van der Waals surface area (Å²) in [4.78, 5) is 11.6. The maximum Gasteiger partial charge on any atom is 0.244 e. The summed E-state index contributed by atoms with van der Waals surface area (Å²) >= 11 is 1.62. The lowest BCUT2D eigenvalue weighted by atomic mass is 10.1. The molecular weight excluding hydrogens is 270 g/mol. The Bertz CT molecular complexity index is 559. The molecule has 0 aliphatic carbocycles. The van der Waals surface area contributed by atoms with E-state index in [1.165, 1.54) is 5.56 Å². The molecule has 0 atom stereocenters. The van der Waals surface area contributed by atoms with Crippen LogP contribution in [0.25, 0.3) is 6.08 Å². The van der Waals surface area contributed by atoms with Crippen LogP contribution in [-0.2, 0) is 11.2 Å². The molecule has 0 bridgehead atoms. The normalized spacial score (nSPS) is 10.7. The van der Waals surface area contributed by atoms with Crippen LogP contribution < -0.4 is 10.1 Å². The minimum Gasteiger partial charge on any atom is -0.497 e. The van der Waals surface area contributed by atoms with Crippen molar-refractivity contribution in [3.8, 4) is 5.75 Å². The van der Waals surface area contributed by atoms with E-state index in [2.05, 4.69) is 5.32 Å². The summed E-state index contributed by atoms with van der Waals surface area (Å²) in [6.45, 7) is 0.624. The molecule has 1 heterocycles. The third kappa shape index (κ3) is 4.55. The van der Waals surface area contributed by atoms with E-state index in [1.54, 1.807) is 24.5 Å². The molecule has 1 amide bonds. The van der Waals surface area contributed by atoms with Gasteiger partial charge in [0.1, 0.15) is 5.75 Å². The van der Waals surface area contributed by atoms with Crippen molar-refractivity contribution in [2.24, 2.45) is 0 Å². The van der Waals surface area contributed by atoms with Crippen LogP contribution in [0.15, 0.2) is 47.2 Å². The molecule has 0 spiro atoms. The van der Waals surface area contributed by atoms with Gasteiger partial charge in [-0.1, -0.05) is 12.1 Å². The number of methoxy groups -OCH3 is 1. The first-order chi connectivity index (χ1) is 9.78. The molecule has 3 nitrogen and oxygen atoms in total. The van der Waals surface area contributed by atoms with Crippen molar-refractivity contribution in [3.63, 3.8) is 0 Å². The van der Waals surface area contributed by atoms with Crippen molar-refractivity contribution < 1.29 is 9.53 Å². The van der Waals surface area contributed by atoms with Gasteiger partial charge in [0, 0.05) is 12.6 Å². The van der Waals surface area contributed by atoms with Crippen LogP contribution in [0, 0.1) is 0 Å². The summed E-state index contributed by atoms with van der Waals surface area (Å²) in [5, 5.41) is 6.86. The number of ether oxygens (including phenoxy) is 1. The zero-order valence-corrected chi connectivity index (χ0v) is 12.2. The van der Waals surface area contributed by atoms with Crippen LogP contribution in [0.5, 0.6) is 5.75 Å². The lowest BCUT2D eigenvalue weighted by molar-refractivity contribution is -0.116. The molecule has 2 rings (SSSR count). The standard InChI is InChI=1S/C16H17NO2S/c1-19-15-5-2-13(3-6-15)8-10-17-16(18)7-4-14-9-11-20-12-14/h2-7,9,11-12H,8,10H2,1H3,(H,17,18). The molecule has 20 heavy (non-hydrogen) atoms. The van der Waals surface area contributed by atoms with Gasteiger partial charge in [-0.15, -0.1) is 0 Å². The van der Waals surface area contributed by atoms with E-state index in [1.807, 2.05) is 47.2 Å². The molecule has 104 valence electrons. The topological polar surface area (TPSA) is 38.3 Å². The molecule has 1 N–H and O–H groups in total. The number of hydrogen-bond donors (Lipinski definition) is 1. The summed E-state index contributed by atoms with van der Waals surface area (Å²) in [6.07, 6.45) is 4.19. The van der Waals surface area contributed by atoms with E-state index in [9.17, 15) is 4.79 Å². The van der Waals surface area contributed by atoms with Crippen molar-refractivity contribution in [3.05, 3.63) is 58.3 Å². The van der Waals surface area contributed by atoms with Gasteiger partial charge in [0.2, 0.25) is 5.91 Å². The molecule has 0 unspecified atom stereocenters. The van der Waals surface area contributed by atoms with Gasteiger partial charge in [0.05, 0.1) is 7.11 Å². The van der Waals surface area contributed by atoms with Crippen LogP contribution in [0.2, 0.25) is 0 Å². The summed E-state index contributed by atoms with van der Waals surface area (Å²) in [5.41, 5.74) is 2.23. The van der Waals surface area contributed by atoms with Crippen molar-refractivity contribution >= 4 is 23.3 Å². The van der Waals surface area contributed by atoms with Crippen LogP contribution in [0.1, 0.15) is 11.1 Å². The number of amides is 1. The number of hydrogen-bond acceptors (Lipinski definition) is 3. The summed E-state index contributed by atoms with van der Waals surface area (Å²) < 4.78 is 5.10. The number of carbonyl (C=O) groups is 1. The predicted molar refractivity (Wildman–Crippen MR) is 83.1 cm³/mol. The summed E-state index contributed by atoms with van der Waals surface area (Å²) in [5.74, 6) is 0.779. The van der Waals surface area contributed by atoms with Crippen LogP contribution in [-0.4, -0.2) is 19.6 Å². The third-order valence-corrected chi connectivity index (χ3v) is 3.54. The van der Waals surface area contributed by atoms with Crippen LogP contribution in [0.4, 0.5) is 0 Å². The minimum atomic E-state index is -0.0651. The maximum atomic E-state index is 11.6. The lowest BCUT2D eigenvalue weighted by Crippen LogP contribution is -2.23. The molecule has 4 heteroatoms. The molecule has 0 aliphatic heterocycles. The van der Waals surface area contributed by atoms with E-state index in [0.717, 1.165) is 17.7 Å². The highest BCUT2D eigenvalue weighted by Gasteiger charge is 1.97. The number of nitrogens with one attached hydrogen (secondary N) is 1. The summed E-state index contributed by atoms with van der Waals surface area (Å²) in [7, 11) is 1.65. The van der Waals surface area contributed by atoms with Gasteiger partial charge in [-0.05, 0) is 52.6 Å². The smallest absolute Gasteiger partial charge is 0.244 e. The van der Waals surface area contributed by atoms with Gasteiger partial charge in [0.25, 0.3) is 0 Å². The Morgan fingerprint density at radius 1 is 1.30 bits per heavy atom. The lowest BCUT2D eigenvalue weighted by Gasteiger charge is -2.04. The van der Waals surface area contributed by atoms with Gasteiger partial charge >= 0.3 is 0 Å². The fraction of sp³-hybridized carbons (Fsp3) is 0.188. The fourth-order valence-electron chi connectivity index (χ4n) is 1.72. The highest BCUT2D eigenvalue weighted by Crippen LogP contribution is 2.11. The molecule has 0 radical (unpaired) electrons. The number of thiophene rings is 1. The van der Waals surface area contributed by atoms with Crippen molar-refractivity contribution in [1.29, 1.82) is 0 Å². The minimum absolute atomic E-state index is 0.0651. The predicted octanol–water partition coefficient (Wildman–Crippen LogP) is 3.13. The Morgan fingerprint density at radius 3 is 2.75 bits per heavy atom. The Labute approximate surface area is 122 Å². The van der Waals surface area contributed by atoms with E-state index in [-0.39, 0.29) is 5.91 Å². The number of carbonyl (C=O) groups excluding carboxylic acids is 1. The summed E-state index contributed by atoms with van der Waals surface area (Å²) in [6, 6.07) is 9.84. The molecular formula is C16H17NO2S. The number of benzene rings is 1. The van der Waals surface area contributed by atoms with Gasteiger partial charge in [-0.25, -0.2) is 0 Å². The highest BCUT2D eigenvalue weighted by atomic mass is 32.1. The first-order valence-electron chi connectivity index (χ1n) is 6.39. The second kappa shape index (κ2) is 7.50. The van der Waals surface area contributed by atoms with Crippen molar-refractivity contribution in [2.45, 2.75) is 6.42 Å². The fourth-order valence-corrected chi connectivity index (χ4v) is 2.35. The molecule has 0 fully saturated rings. The van der Waals surface area contributed by atoms with Crippen molar-refractivity contribution in [2.75, 3.05) is 13.7 Å².